The number of para-hydroxylation sites is 1. The molecule has 2 amide bonds. The Kier molecular flexibility index (Phi) is 4.34. The molecule has 152 valence electrons. The number of hydrogen-bond acceptors (Lipinski definition) is 5. The Morgan fingerprint density at radius 1 is 1.17 bits per heavy atom. The van der Waals surface area contributed by atoms with Gasteiger partial charge in [0.25, 0.3) is 0 Å². The average Bonchev–Trinajstić information content (AvgIpc) is 3.08. The van der Waals surface area contributed by atoms with Gasteiger partial charge in [0.15, 0.2) is 0 Å². The number of rotatable bonds is 3. The minimum Gasteiger partial charge on any atom is -0.365 e. The lowest BCUT2D eigenvalue weighted by Crippen LogP contribution is -2.57. The number of amides is 2. The number of pyridine rings is 1. The van der Waals surface area contributed by atoms with Gasteiger partial charge in [0.05, 0.1) is 12.6 Å². The number of carbonyl (C=O) groups is 1. The molecular formula is C20H22N4O4S. The number of fused-ring (bicyclic) bond motifs is 1. The van der Waals surface area contributed by atoms with Crippen molar-refractivity contribution in [2.24, 2.45) is 0 Å². The van der Waals surface area contributed by atoms with Crippen LogP contribution in [0.15, 0.2) is 54.9 Å². The number of morpholine rings is 1. The van der Waals surface area contributed by atoms with Crippen LogP contribution in [0.5, 0.6) is 0 Å². The van der Waals surface area contributed by atoms with Crippen LogP contribution in [-0.4, -0.2) is 65.2 Å². The van der Waals surface area contributed by atoms with Crippen molar-refractivity contribution in [3.8, 4) is 0 Å². The number of sulfonamides is 1. The summed E-state index contributed by atoms with van der Waals surface area (Å²) in [6.07, 6.45) is 3.47. The first-order valence-electron chi connectivity index (χ1n) is 9.63. The van der Waals surface area contributed by atoms with Gasteiger partial charge >= 0.3 is 6.03 Å². The van der Waals surface area contributed by atoms with Crippen molar-refractivity contribution < 1.29 is 17.9 Å². The Morgan fingerprint density at radius 3 is 2.69 bits per heavy atom. The molecule has 2 bridgehead atoms. The van der Waals surface area contributed by atoms with E-state index in [1.807, 2.05) is 42.5 Å². The Bertz CT molecular complexity index is 1020. The standard InChI is InChI=1S/C20H22N4O4S/c25-19(22-16-4-2-1-3-5-16)23-12-17-10-18-20(13-23,28-17)14-24(29(18,26)27)11-15-6-8-21-9-7-15/h1-9,17-18H,10-14H2,(H,22,25)/t17-,18+,20+/m1/s1. The molecule has 1 aromatic heterocycles. The van der Waals surface area contributed by atoms with E-state index in [-0.39, 0.29) is 31.8 Å². The van der Waals surface area contributed by atoms with E-state index in [0.717, 1.165) is 5.56 Å². The zero-order valence-electron chi connectivity index (χ0n) is 15.8. The number of ether oxygens (including phenoxy) is 1. The van der Waals surface area contributed by atoms with Crippen LogP contribution in [-0.2, 0) is 21.3 Å². The summed E-state index contributed by atoms with van der Waals surface area (Å²) in [6.45, 7) is 1.21. The molecule has 1 aromatic carbocycles. The van der Waals surface area contributed by atoms with Crippen molar-refractivity contribution in [2.75, 3.05) is 25.0 Å². The van der Waals surface area contributed by atoms with Crippen LogP contribution in [0.4, 0.5) is 10.5 Å². The second kappa shape index (κ2) is 6.79. The summed E-state index contributed by atoms with van der Waals surface area (Å²) in [5, 5.41) is 2.28. The van der Waals surface area contributed by atoms with Crippen molar-refractivity contribution in [3.05, 3.63) is 60.4 Å². The summed E-state index contributed by atoms with van der Waals surface area (Å²) in [6, 6.07) is 12.6. The molecule has 1 N–H and O–H groups in total. The van der Waals surface area contributed by atoms with E-state index in [1.54, 1.807) is 17.3 Å². The number of benzene rings is 1. The van der Waals surface area contributed by atoms with Gasteiger partial charge in [-0.3, -0.25) is 4.98 Å². The SMILES string of the molecule is O=C(Nc1ccccc1)N1C[C@H]2C[C@H]3[C@](C1)(CN(Cc1ccncc1)S3(=O)=O)O2. The molecule has 0 aliphatic carbocycles. The maximum Gasteiger partial charge on any atom is 0.322 e. The summed E-state index contributed by atoms with van der Waals surface area (Å²) in [4.78, 5) is 18.5. The van der Waals surface area contributed by atoms with E-state index in [4.69, 9.17) is 4.74 Å². The number of nitrogens with one attached hydrogen (secondary N) is 1. The van der Waals surface area contributed by atoms with E-state index < -0.39 is 20.9 Å². The fourth-order valence-corrected chi connectivity index (χ4v) is 6.95. The van der Waals surface area contributed by atoms with E-state index in [2.05, 4.69) is 10.3 Å². The van der Waals surface area contributed by atoms with Gasteiger partial charge in [-0.2, -0.15) is 4.31 Å². The average molecular weight is 414 g/mol. The molecule has 29 heavy (non-hydrogen) atoms. The van der Waals surface area contributed by atoms with Gasteiger partial charge in [-0.05, 0) is 36.2 Å². The molecule has 8 nitrogen and oxygen atoms in total. The van der Waals surface area contributed by atoms with Crippen LogP contribution in [0.3, 0.4) is 0 Å². The first kappa shape index (κ1) is 18.5. The minimum atomic E-state index is -3.50. The number of aromatic nitrogens is 1. The third kappa shape index (κ3) is 3.19. The Hall–Kier alpha value is -2.49. The summed E-state index contributed by atoms with van der Waals surface area (Å²) < 4.78 is 34.1. The summed E-state index contributed by atoms with van der Waals surface area (Å²) in [5.74, 6) is 0. The lowest BCUT2D eigenvalue weighted by atomic mass is 9.99. The van der Waals surface area contributed by atoms with Crippen molar-refractivity contribution >= 4 is 21.7 Å². The normalized spacial score (nSPS) is 30.1. The summed E-state index contributed by atoms with van der Waals surface area (Å²) in [5.41, 5.74) is 0.720. The molecule has 5 rings (SSSR count). The fraction of sp³-hybridized carbons (Fsp3) is 0.400. The number of anilines is 1. The van der Waals surface area contributed by atoms with Crippen LogP contribution in [0, 0.1) is 0 Å². The van der Waals surface area contributed by atoms with Gasteiger partial charge in [-0.15, -0.1) is 0 Å². The van der Waals surface area contributed by atoms with Gasteiger partial charge in [0, 0.05) is 37.7 Å². The lowest BCUT2D eigenvalue weighted by molar-refractivity contribution is -0.0946. The molecule has 0 saturated carbocycles. The third-order valence-corrected chi connectivity index (χ3v) is 8.25. The molecule has 3 aliphatic rings. The van der Waals surface area contributed by atoms with Gasteiger partial charge in [-0.25, -0.2) is 13.2 Å². The fourth-order valence-electron chi connectivity index (χ4n) is 4.66. The number of likely N-dealkylation sites (tertiary alicyclic amines) is 1. The molecule has 3 aliphatic heterocycles. The highest BCUT2D eigenvalue weighted by molar-refractivity contribution is 7.90. The van der Waals surface area contributed by atoms with Gasteiger partial charge in [-0.1, -0.05) is 18.2 Å². The molecule has 0 radical (unpaired) electrons. The van der Waals surface area contributed by atoms with Crippen molar-refractivity contribution in [2.45, 2.75) is 29.9 Å². The predicted octanol–water partition coefficient (Wildman–Crippen LogP) is 1.67. The second-order valence-corrected chi connectivity index (χ2v) is 9.99. The van der Waals surface area contributed by atoms with Gasteiger partial charge in [0.1, 0.15) is 10.9 Å². The molecule has 3 atom stereocenters. The second-order valence-electron chi connectivity index (χ2n) is 7.87. The van der Waals surface area contributed by atoms with Gasteiger partial charge in [0.2, 0.25) is 10.0 Å². The highest BCUT2D eigenvalue weighted by Crippen LogP contribution is 2.47. The van der Waals surface area contributed by atoms with Crippen LogP contribution < -0.4 is 5.32 Å². The van der Waals surface area contributed by atoms with Crippen molar-refractivity contribution in [1.82, 2.24) is 14.2 Å². The smallest absolute Gasteiger partial charge is 0.322 e. The number of nitrogens with zero attached hydrogens (tertiary/aromatic N) is 3. The van der Waals surface area contributed by atoms with Crippen molar-refractivity contribution in [1.29, 1.82) is 0 Å². The molecule has 3 saturated heterocycles. The Morgan fingerprint density at radius 2 is 1.93 bits per heavy atom. The quantitative estimate of drug-likeness (QED) is 0.825. The summed E-state index contributed by atoms with van der Waals surface area (Å²) in [7, 11) is -3.50. The van der Waals surface area contributed by atoms with Crippen molar-refractivity contribution in [3.63, 3.8) is 0 Å². The number of hydrogen-bond donors (Lipinski definition) is 1. The zero-order valence-corrected chi connectivity index (χ0v) is 16.6. The first-order valence-corrected chi connectivity index (χ1v) is 11.1. The van der Waals surface area contributed by atoms with Crippen LogP contribution in [0.1, 0.15) is 12.0 Å². The lowest BCUT2D eigenvalue weighted by Gasteiger charge is -2.39. The zero-order chi connectivity index (χ0) is 20.1. The maximum atomic E-state index is 13.2. The molecule has 9 heteroatoms. The van der Waals surface area contributed by atoms with Crippen LogP contribution in [0.25, 0.3) is 0 Å². The van der Waals surface area contributed by atoms with E-state index in [9.17, 15) is 13.2 Å². The van der Waals surface area contributed by atoms with E-state index in [0.29, 0.717) is 18.7 Å². The van der Waals surface area contributed by atoms with E-state index >= 15 is 0 Å². The largest absolute Gasteiger partial charge is 0.365 e. The number of carbonyl (C=O) groups excluding carboxylic acids is 1. The monoisotopic (exact) mass is 414 g/mol. The van der Waals surface area contributed by atoms with Crippen LogP contribution >= 0.6 is 0 Å². The summed E-state index contributed by atoms with van der Waals surface area (Å²) >= 11 is 0. The molecular weight excluding hydrogens is 392 g/mol. The predicted molar refractivity (Wildman–Crippen MR) is 107 cm³/mol. The van der Waals surface area contributed by atoms with E-state index in [1.165, 1.54) is 4.31 Å². The number of urea groups is 1. The maximum absolute atomic E-state index is 13.2. The molecule has 2 aromatic rings. The molecule has 0 unspecified atom stereocenters. The molecule has 3 fully saturated rings. The third-order valence-electron chi connectivity index (χ3n) is 5.93. The highest BCUT2D eigenvalue weighted by Gasteiger charge is 2.65. The molecule has 4 heterocycles. The molecule has 1 spiro atoms. The Balaban J connectivity index is 1.36. The van der Waals surface area contributed by atoms with Gasteiger partial charge < -0.3 is 15.0 Å². The Labute approximate surface area is 169 Å². The minimum absolute atomic E-state index is 0.227. The topological polar surface area (TPSA) is 91.8 Å². The van der Waals surface area contributed by atoms with Crippen LogP contribution in [0.2, 0.25) is 0 Å². The highest BCUT2D eigenvalue weighted by atomic mass is 32.2. The first-order chi connectivity index (χ1) is 14.0.